The fourth-order valence-corrected chi connectivity index (χ4v) is 2.14. The molecule has 106 valence electrons. The fourth-order valence-electron chi connectivity index (χ4n) is 2.14. The van der Waals surface area contributed by atoms with Gasteiger partial charge < -0.3 is 20.4 Å². The number of nitrogens with one attached hydrogen (secondary N) is 1. The second-order valence-corrected chi connectivity index (χ2v) is 4.76. The number of aryl methyl sites for hydroxylation is 1. The van der Waals surface area contributed by atoms with Crippen LogP contribution in [0.5, 0.6) is 0 Å². The number of aliphatic hydroxyl groups excluding tert-OH is 2. The Labute approximate surface area is 112 Å². The summed E-state index contributed by atoms with van der Waals surface area (Å²) < 4.78 is 14.0. The van der Waals surface area contributed by atoms with Gasteiger partial charge in [0.05, 0.1) is 12.7 Å². The highest BCUT2D eigenvalue weighted by Gasteiger charge is 2.16. The van der Waals surface area contributed by atoms with Gasteiger partial charge in [-0.3, -0.25) is 0 Å². The SMILES string of the molecule is OCC(O)CCc1cnc(N2CCNCC2)c(F)c1. The van der Waals surface area contributed by atoms with E-state index < -0.39 is 6.10 Å². The molecule has 0 aromatic carbocycles. The highest BCUT2D eigenvalue weighted by Crippen LogP contribution is 2.18. The maximum Gasteiger partial charge on any atom is 0.165 e. The van der Waals surface area contributed by atoms with E-state index in [1.54, 1.807) is 6.20 Å². The van der Waals surface area contributed by atoms with Gasteiger partial charge in [-0.1, -0.05) is 0 Å². The predicted octanol–water partition coefficient (Wildman–Crippen LogP) is -0.0839. The van der Waals surface area contributed by atoms with Crippen LogP contribution in [-0.2, 0) is 6.42 Å². The van der Waals surface area contributed by atoms with E-state index in [1.807, 2.05) is 4.90 Å². The van der Waals surface area contributed by atoms with Crippen LogP contribution in [0.3, 0.4) is 0 Å². The predicted molar refractivity (Wildman–Crippen MR) is 70.7 cm³/mol. The van der Waals surface area contributed by atoms with E-state index >= 15 is 0 Å². The Morgan fingerprint density at radius 2 is 2.16 bits per heavy atom. The zero-order chi connectivity index (χ0) is 13.7. The standard InChI is InChI=1S/C13H20FN3O2/c14-12-7-10(1-2-11(19)9-18)8-16-13(12)17-5-3-15-4-6-17/h7-8,11,15,18-19H,1-6,9H2. The lowest BCUT2D eigenvalue weighted by Crippen LogP contribution is -2.44. The van der Waals surface area contributed by atoms with Crippen molar-refractivity contribution in [1.29, 1.82) is 0 Å². The highest BCUT2D eigenvalue weighted by molar-refractivity contribution is 5.41. The van der Waals surface area contributed by atoms with Gasteiger partial charge in [0.2, 0.25) is 0 Å². The van der Waals surface area contributed by atoms with Crippen molar-refractivity contribution in [1.82, 2.24) is 10.3 Å². The van der Waals surface area contributed by atoms with Crippen LogP contribution in [0.25, 0.3) is 0 Å². The van der Waals surface area contributed by atoms with E-state index in [1.165, 1.54) is 6.07 Å². The summed E-state index contributed by atoms with van der Waals surface area (Å²) in [5.74, 6) is 0.0749. The van der Waals surface area contributed by atoms with Gasteiger partial charge in [0.15, 0.2) is 11.6 Å². The molecule has 0 spiro atoms. The topological polar surface area (TPSA) is 68.6 Å². The molecule has 6 heteroatoms. The molecule has 1 aliphatic heterocycles. The Kier molecular flexibility index (Phi) is 5.07. The minimum Gasteiger partial charge on any atom is -0.394 e. The number of hydrogen-bond donors (Lipinski definition) is 3. The van der Waals surface area contributed by atoms with E-state index in [4.69, 9.17) is 5.11 Å². The highest BCUT2D eigenvalue weighted by atomic mass is 19.1. The number of piperazine rings is 1. The van der Waals surface area contributed by atoms with Crippen molar-refractivity contribution in [2.24, 2.45) is 0 Å². The summed E-state index contributed by atoms with van der Waals surface area (Å²) in [6.45, 7) is 2.92. The minimum absolute atomic E-state index is 0.269. The number of anilines is 1. The third-order valence-corrected chi connectivity index (χ3v) is 3.27. The summed E-state index contributed by atoms with van der Waals surface area (Å²) in [7, 11) is 0. The molecule has 5 nitrogen and oxygen atoms in total. The van der Waals surface area contributed by atoms with E-state index in [0.717, 1.165) is 31.7 Å². The molecule has 0 bridgehead atoms. The van der Waals surface area contributed by atoms with Crippen LogP contribution in [0.1, 0.15) is 12.0 Å². The van der Waals surface area contributed by atoms with Gasteiger partial charge in [-0.25, -0.2) is 9.37 Å². The van der Waals surface area contributed by atoms with Gasteiger partial charge in [0, 0.05) is 32.4 Å². The van der Waals surface area contributed by atoms with Gasteiger partial charge in [0.25, 0.3) is 0 Å². The van der Waals surface area contributed by atoms with Gasteiger partial charge in [0.1, 0.15) is 0 Å². The quantitative estimate of drug-likeness (QED) is 0.697. The fraction of sp³-hybridized carbons (Fsp3) is 0.615. The molecule has 0 radical (unpaired) electrons. The largest absolute Gasteiger partial charge is 0.394 e. The third kappa shape index (κ3) is 3.86. The number of nitrogens with zero attached hydrogens (tertiary/aromatic N) is 2. The van der Waals surface area contributed by atoms with E-state index in [0.29, 0.717) is 18.7 Å². The molecule has 2 rings (SSSR count). The van der Waals surface area contributed by atoms with Crippen molar-refractivity contribution in [3.8, 4) is 0 Å². The van der Waals surface area contributed by atoms with Gasteiger partial charge in [-0.05, 0) is 24.5 Å². The number of aromatic nitrogens is 1. The summed E-state index contributed by atoms with van der Waals surface area (Å²) in [5.41, 5.74) is 0.740. The first kappa shape index (κ1) is 14.2. The number of hydrogen-bond acceptors (Lipinski definition) is 5. The van der Waals surface area contributed by atoms with Gasteiger partial charge in [-0.2, -0.15) is 0 Å². The zero-order valence-electron chi connectivity index (χ0n) is 10.8. The number of pyridine rings is 1. The van der Waals surface area contributed by atoms with Crippen molar-refractivity contribution >= 4 is 5.82 Å². The maximum absolute atomic E-state index is 14.0. The second-order valence-electron chi connectivity index (χ2n) is 4.76. The number of halogens is 1. The van der Waals surface area contributed by atoms with Gasteiger partial charge >= 0.3 is 0 Å². The molecule has 1 saturated heterocycles. The van der Waals surface area contributed by atoms with Crippen LogP contribution < -0.4 is 10.2 Å². The molecule has 19 heavy (non-hydrogen) atoms. The van der Waals surface area contributed by atoms with Crippen LogP contribution in [-0.4, -0.2) is 54.1 Å². The van der Waals surface area contributed by atoms with Gasteiger partial charge in [-0.15, -0.1) is 0 Å². The summed E-state index contributed by atoms with van der Waals surface area (Å²) in [5, 5.41) is 21.2. The Balaban J connectivity index is 2.00. The molecule has 1 fully saturated rings. The first-order valence-electron chi connectivity index (χ1n) is 6.59. The number of aliphatic hydroxyl groups is 2. The van der Waals surface area contributed by atoms with E-state index in [9.17, 15) is 9.50 Å². The Morgan fingerprint density at radius 1 is 1.42 bits per heavy atom. The molecule has 2 heterocycles. The van der Waals surface area contributed by atoms with Crippen LogP contribution in [0, 0.1) is 5.82 Å². The summed E-state index contributed by atoms with van der Waals surface area (Å²) in [6.07, 6.45) is 1.80. The molecule has 1 aromatic heterocycles. The van der Waals surface area contributed by atoms with Crippen molar-refractivity contribution in [2.45, 2.75) is 18.9 Å². The Hall–Kier alpha value is -1.24. The number of rotatable bonds is 5. The zero-order valence-corrected chi connectivity index (χ0v) is 10.8. The molecule has 3 N–H and O–H groups in total. The smallest absolute Gasteiger partial charge is 0.165 e. The van der Waals surface area contributed by atoms with Crippen LogP contribution >= 0.6 is 0 Å². The van der Waals surface area contributed by atoms with E-state index in [-0.39, 0.29) is 12.4 Å². The van der Waals surface area contributed by atoms with E-state index in [2.05, 4.69) is 10.3 Å². The average Bonchev–Trinajstić information content (AvgIpc) is 2.45. The normalized spacial score (nSPS) is 17.5. The average molecular weight is 269 g/mol. The lowest BCUT2D eigenvalue weighted by Gasteiger charge is -2.28. The van der Waals surface area contributed by atoms with Crippen molar-refractivity contribution < 1.29 is 14.6 Å². The molecule has 0 amide bonds. The monoisotopic (exact) mass is 269 g/mol. The minimum atomic E-state index is -0.754. The Bertz CT molecular complexity index is 411. The molecule has 1 aromatic rings. The molecular formula is C13H20FN3O2. The first-order valence-corrected chi connectivity index (χ1v) is 6.59. The Morgan fingerprint density at radius 3 is 2.79 bits per heavy atom. The summed E-state index contributed by atoms with van der Waals surface area (Å²) in [4.78, 5) is 6.11. The van der Waals surface area contributed by atoms with Crippen molar-refractivity contribution in [2.75, 3.05) is 37.7 Å². The summed E-state index contributed by atoms with van der Waals surface area (Å²) in [6, 6.07) is 1.47. The first-order chi connectivity index (χ1) is 9.20. The maximum atomic E-state index is 14.0. The molecule has 1 aliphatic rings. The molecule has 0 saturated carbocycles. The molecule has 0 aliphatic carbocycles. The van der Waals surface area contributed by atoms with Crippen molar-refractivity contribution in [3.05, 3.63) is 23.6 Å². The molecular weight excluding hydrogens is 249 g/mol. The van der Waals surface area contributed by atoms with Crippen molar-refractivity contribution in [3.63, 3.8) is 0 Å². The molecule has 1 atom stereocenters. The van der Waals surface area contributed by atoms with Crippen LogP contribution in [0.4, 0.5) is 10.2 Å². The van der Waals surface area contributed by atoms with Crippen LogP contribution in [0.2, 0.25) is 0 Å². The van der Waals surface area contributed by atoms with Crippen LogP contribution in [0.15, 0.2) is 12.3 Å². The third-order valence-electron chi connectivity index (χ3n) is 3.27. The summed E-state index contributed by atoms with van der Waals surface area (Å²) >= 11 is 0. The second kappa shape index (κ2) is 6.79. The molecule has 1 unspecified atom stereocenters. The lowest BCUT2D eigenvalue weighted by molar-refractivity contribution is 0.0885. The lowest BCUT2D eigenvalue weighted by atomic mass is 10.1.